The molecule has 1 amide bonds. The van der Waals surface area contributed by atoms with Gasteiger partial charge in [0.2, 0.25) is 5.89 Å². The molecule has 0 aliphatic heterocycles. The van der Waals surface area contributed by atoms with Gasteiger partial charge in [0.25, 0.3) is 5.91 Å². The molecule has 2 heterocycles. The quantitative estimate of drug-likeness (QED) is 0.175. The lowest BCUT2D eigenvalue weighted by atomic mass is 10.0. The SMILES string of the molecule is CCCCCCCCCCCCCCCc1nnc(Nc2nc(=S)[nH]c(N)c2C(N)=O)o1. The Labute approximate surface area is 195 Å². The number of nitrogen functional groups attached to an aromatic ring is 1. The fraction of sp³-hybridized carbons (Fsp3) is 0.682. The summed E-state index contributed by atoms with van der Waals surface area (Å²) in [7, 11) is 0. The third-order valence-electron chi connectivity index (χ3n) is 5.39. The summed E-state index contributed by atoms with van der Waals surface area (Å²) in [5, 5.41) is 10.8. The molecule has 32 heavy (non-hydrogen) atoms. The summed E-state index contributed by atoms with van der Waals surface area (Å²) in [4.78, 5) is 18.3. The predicted molar refractivity (Wildman–Crippen MR) is 129 cm³/mol. The number of aromatic amines is 1. The lowest BCUT2D eigenvalue weighted by Crippen LogP contribution is -2.18. The minimum atomic E-state index is -0.740. The summed E-state index contributed by atoms with van der Waals surface area (Å²) in [5.74, 6) is -0.0812. The Bertz CT molecular complexity index is 881. The van der Waals surface area contributed by atoms with Crippen LogP contribution in [0.2, 0.25) is 0 Å². The number of hydrogen-bond acceptors (Lipinski definition) is 8. The fourth-order valence-corrected chi connectivity index (χ4v) is 3.83. The Balaban J connectivity index is 1.61. The third-order valence-corrected chi connectivity index (χ3v) is 5.59. The van der Waals surface area contributed by atoms with Crippen LogP contribution in [0, 0.1) is 4.77 Å². The maximum absolute atomic E-state index is 11.6. The molecular formula is C22H37N7O2S. The molecule has 0 aliphatic rings. The Kier molecular flexibility index (Phi) is 11.7. The number of hydrogen-bond donors (Lipinski definition) is 4. The Hall–Kier alpha value is -2.49. The number of aryl methyl sites for hydroxylation is 1. The fourth-order valence-electron chi connectivity index (χ4n) is 3.63. The van der Waals surface area contributed by atoms with Gasteiger partial charge in [-0.25, -0.2) is 4.98 Å². The van der Waals surface area contributed by atoms with Crippen LogP contribution in [0.25, 0.3) is 0 Å². The summed E-state index contributed by atoms with van der Waals surface area (Å²) in [5.41, 5.74) is 11.1. The first kappa shape index (κ1) is 25.8. The van der Waals surface area contributed by atoms with E-state index in [9.17, 15) is 4.79 Å². The number of H-pyrrole nitrogens is 1. The number of rotatable bonds is 17. The molecule has 0 saturated carbocycles. The lowest BCUT2D eigenvalue weighted by molar-refractivity contribution is 0.100. The van der Waals surface area contributed by atoms with Crippen LogP contribution >= 0.6 is 12.2 Å². The molecule has 9 nitrogen and oxygen atoms in total. The van der Waals surface area contributed by atoms with Crippen molar-refractivity contribution in [2.24, 2.45) is 5.73 Å². The number of carbonyl (C=O) groups excluding carboxylic acids is 1. The minimum absolute atomic E-state index is 0.00477. The van der Waals surface area contributed by atoms with E-state index in [-0.39, 0.29) is 28.0 Å². The third kappa shape index (κ3) is 9.33. The van der Waals surface area contributed by atoms with Crippen LogP contribution in [-0.4, -0.2) is 26.1 Å². The normalized spacial score (nSPS) is 11.0. The van der Waals surface area contributed by atoms with Crippen molar-refractivity contribution in [1.29, 1.82) is 0 Å². The number of nitrogens with zero attached hydrogens (tertiary/aromatic N) is 3. The molecule has 0 bridgehead atoms. The molecule has 10 heteroatoms. The van der Waals surface area contributed by atoms with Crippen molar-refractivity contribution in [3.8, 4) is 0 Å². The number of anilines is 3. The van der Waals surface area contributed by atoms with Crippen molar-refractivity contribution in [3.05, 3.63) is 16.2 Å². The van der Waals surface area contributed by atoms with Crippen LogP contribution in [0.4, 0.5) is 17.7 Å². The van der Waals surface area contributed by atoms with Gasteiger partial charge >= 0.3 is 6.01 Å². The van der Waals surface area contributed by atoms with Gasteiger partial charge in [-0.3, -0.25) is 10.1 Å². The van der Waals surface area contributed by atoms with Crippen molar-refractivity contribution in [1.82, 2.24) is 20.2 Å². The van der Waals surface area contributed by atoms with Crippen LogP contribution in [0.3, 0.4) is 0 Å². The average Bonchev–Trinajstić information content (AvgIpc) is 3.17. The monoisotopic (exact) mass is 463 g/mol. The van der Waals surface area contributed by atoms with Gasteiger partial charge in [-0.05, 0) is 18.6 Å². The molecule has 2 rings (SSSR count). The standard InChI is InChI=1S/C22H37N7O2S/c1-2-3-4-5-6-7-8-9-10-11-12-13-14-15-16-28-29-21(31-16)26-20-17(19(24)30)18(23)25-22(32)27-20/h2-15H2,1H3,(H2,24,30)(H4,23,25,26,27,29,32). The van der Waals surface area contributed by atoms with Gasteiger partial charge in [-0.2, -0.15) is 0 Å². The van der Waals surface area contributed by atoms with Gasteiger partial charge in [-0.1, -0.05) is 89.1 Å². The maximum Gasteiger partial charge on any atom is 0.321 e. The number of nitrogens with one attached hydrogen (secondary N) is 2. The lowest BCUT2D eigenvalue weighted by Gasteiger charge is -2.07. The van der Waals surface area contributed by atoms with E-state index in [2.05, 4.69) is 32.4 Å². The molecule has 2 aromatic rings. The first-order valence-corrected chi connectivity index (χ1v) is 12.2. The van der Waals surface area contributed by atoms with E-state index in [1.54, 1.807) is 0 Å². The molecule has 0 saturated heterocycles. The molecule has 0 aliphatic carbocycles. The minimum Gasteiger partial charge on any atom is -0.408 e. The summed E-state index contributed by atoms with van der Waals surface area (Å²) >= 11 is 4.99. The molecule has 2 aromatic heterocycles. The van der Waals surface area contributed by atoms with Crippen LogP contribution < -0.4 is 16.8 Å². The molecule has 0 aromatic carbocycles. The van der Waals surface area contributed by atoms with E-state index in [4.69, 9.17) is 28.1 Å². The van der Waals surface area contributed by atoms with Crippen LogP contribution in [0.1, 0.15) is 107 Å². The summed E-state index contributed by atoms with van der Waals surface area (Å²) in [6, 6.07) is 0.115. The Morgan fingerprint density at radius 2 is 1.53 bits per heavy atom. The van der Waals surface area contributed by atoms with E-state index in [0.717, 1.165) is 12.8 Å². The number of amides is 1. The van der Waals surface area contributed by atoms with Gasteiger partial charge < -0.3 is 20.9 Å². The molecular weight excluding hydrogens is 426 g/mol. The topological polar surface area (TPSA) is 149 Å². The molecule has 0 unspecified atom stereocenters. The summed E-state index contributed by atoms with van der Waals surface area (Å²) in [6.45, 7) is 2.26. The summed E-state index contributed by atoms with van der Waals surface area (Å²) in [6.07, 6.45) is 17.7. The predicted octanol–water partition coefficient (Wildman–Crippen LogP) is 5.58. The zero-order valence-electron chi connectivity index (χ0n) is 19.1. The van der Waals surface area contributed by atoms with Gasteiger partial charge in [0.15, 0.2) is 10.6 Å². The number of carbonyl (C=O) groups is 1. The van der Waals surface area contributed by atoms with Crippen LogP contribution in [-0.2, 0) is 6.42 Å². The second-order valence-electron chi connectivity index (χ2n) is 8.16. The smallest absolute Gasteiger partial charge is 0.321 e. The number of nitrogens with two attached hydrogens (primary N) is 2. The van der Waals surface area contributed by atoms with Crippen molar-refractivity contribution >= 4 is 35.8 Å². The molecule has 0 atom stereocenters. The first-order valence-electron chi connectivity index (χ1n) is 11.8. The van der Waals surface area contributed by atoms with Crippen molar-refractivity contribution < 1.29 is 9.21 Å². The molecule has 6 N–H and O–H groups in total. The number of primary amides is 1. The molecule has 178 valence electrons. The second kappa shape index (κ2) is 14.5. The van der Waals surface area contributed by atoms with Crippen molar-refractivity contribution in [2.45, 2.75) is 96.8 Å². The first-order chi connectivity index (χ1) is 15.5. The number of aromatic nitrogens is 4. The summed E-state index contributed by atoms with van der Waals surface area (Å²) < 4.78 is 5.71. The molecule has 0 spiro atoms. The highest BCUT2D eigenvalue weighted by Crippen LogP contribution is 2.21. The van der Waals surface area contributed by atoms with Gasteiger partial charge in [-0.15, -0.1) is 5.10 Å². The van der Waals surface area contributed by atoms with Crippen molar-refractivity contribution in [3.63, 3.8) is 0 Å². The highest BCUT2D eigenvalue weighted by atomic mass is 32.1. The van der Waals surface area contributed by atoms with Gasteiger partial charge in [0.05, 0.1) is 0 Å². The Morgan fingerprint density at radius 3 is 2.09 bits per heavy atom. The van der Waals surface area contributed by atoms with E-state index >= 15 is 0 Å². The van der Waals surface area contributed by atoms with E-state index in [0.29, 0.717) is 12.3 Å². The largest absolute Gasteiger partial charge is 0.408 e. The second-order valence-corrected chi connectivity index (χ2v) is 8.55. The highest BCUT2D eigenvalue weighted by Gasteiger charge is 2.17. The zero-order valence-corrected chi connectivity index (χ0v) is 19.9. The van der Waals surface area contributed by atoms with Crippen LogP contribution in [0.15, 0.2) is 4.42 Å². The van der Waals surface area contributed by atoms with E-state index < -0.39 is 5.91 Å². The van der Waals surface area contributed by atoms with Gasteiger partial charge in [0.1, 0.15) is 11.4 Å². The maximum atomic E-state index is 11.6. The Morgan fingerprint density at radius 1 is 0.969 bits per heavy atom. The van der Waals surface area contributed by atoms with E-state index in [1.807, 2.05) is 0 Å². The van der Waals surface area contributed by atoms with E-state index in [1.165, 1.54) is 70.6 Å². The van der Waals surface area contributed by atoms with Gasteiger partial charge in [0, 0.05) is 6.42 Å². The van der Waals surface area contributed by atoms with Crippen LogP contribution in [0.5, 0.6) is 0 Å². The highest BCUT2D eigenvalue weighted by molar-refractivity contribution is 7.71. The molecule has 0 fully saturated rings. The average molecular weight is 464 g/mol. The number of unbranched alkanes of at least 4 members (excludes halogenated alkanes) is 12. The van der Waals surface area contributed by atoms with Crippen molar-refractivity contribution in [2.75, 3.05) is 11.1 Å². The zero-order chi connectivity index (χ0) is 23.2. The molecule has 0 radical (unpaired) electrons.